The number of benzene rings is 1. The number of likely N-dealkylation sites (N-methyl/N-ethyl adjacent to an activating group) is 1. The first-order valence-corrected chi connectivity index (χ1v) is 8.39. The van der Waals surface area contributed by atoms with Gasteiger partial charge in [-0.3, -0.25) is 4.79 Å². The average molecular weight is 361 g/mol. The van der Waals surface area contributed by atoms with E-state index in [9.17, 15) is 14.4 Å². The Balaban J connectivity index is 1.80. The van der Waals surface area contributed by atoms with Crippen molar-refractivity contribution in [2.45, 2.75) is 13.1 Å². The Kier molecular flexibility index (Phi) is 6.53. The number of urea groups is 1. The van der Waals surface area contributed by atoms with Crippen LogP contribution in [0.25, 0.3) is 0 Å². The molecule has 25 heavy (non-hydrogen) atoms. The lowest BCUT2D eigenvalue weighted by Gasteiger charge is -2.16. The summed E-state index contributed by atoms with van der Waals surface area (Å²) >= 11 is 1.56. The van der Waals surface area contributed by atoms with Gasteiger partial charge >= 0.3 is 12.0 Å². The third-order valence-electron chi connectivity index (χ3n) is 3.38. The monoisotopic (exact) mass is 361 g/mol. The van der Waals surface area contributed by atoms with Crippen molar-refractivity contribution >= 4 is 29.2 Å². The number of nitrogens with one attached hydrogen (secondary N) is 1. The van der Waals surface area contributed by atoms with Crippen molar-refractivity contribution in [1.82, 2.24) is 10.2 Å². The van der Waals surface area contributed by atoms with Crippen LogP contribution in [0.3, 0.4) is 0 Å². The normalized spacial score (nSPS) is 10.1. The summed E-state index contributed by atoms with van der Waals surface area (Å²) in [6, 6.07) is 9.74. The van der Waals surface area contributed by atoms with Crippen LogP contribution in [-0.4, -0.2) is 36.5 Å². The van der Waals surface area contributed by atoms with E-state index < -0.39 is 12.0 Å². The number of nitrogens with two attached hydrogens (primary N) is 1. The minimum Gasteiger partial charge on any atom is -0.452 e. The molecule has 2 rings (SSSR count). The molecule has 0 saturated carbocycles. The Morgan fingerprint density at radius 1 is 1.20 bits per heavy atom. The molecule has 1 aromatic carbocycles. The van der Waals surface area contributed by atoms with Crippen molar-refractivity contribution < 1.29 is 19.1 Å². The number of ether oxygens (including phenoxy) is 1. The lowest BCUT2D eigenvalue weighted by molar-refractivity contribution is -0.133. The number of amides is 3. The minimum atomic E-state index is -0.617. The van der Waals surface area contributed by atoms with Crippen LogP contribution in [-0.2, 0) is 22.6 Å². The van der Waals surface area contributed by atoms with Gasteiger partial charge in [0.2, 0.25) is 0 Å². The number of nitrogens with zero attached hydrogens (tertiary/aromatic N) is 1. The second-order valence-corrected chi connectivity index (χ2v) is 6.35. The van der Waals surface area contributed by atoms with Crippen LogP contribution in [0.5, 0.6) is 0 Å². The Bertz CT molecular complexity index is 729. The van der Waals surface area contributed by atoms with E-state index in [2.05, 4.69) is 5.32 Å². The Morgan fingerprint density at radius 2 is 1.92 bits per heavy atom. The highest BCUT2D eigenvalue weighted by atomic mass is 32.1. The molecule has 1 heterocycles. The van der Waals surface area contributed by atoms with E-state index in [4.69, 9.17) is 10.5 Å². The summed E-state index contributed by atoms with van der Waals surface area (Å²) in [6.45, 7) is 0.442. The Hall–Kier alpha value is -2.87. The zero-order valence-corrected chi connectivity index (χ0v) is 14.5. The average Bonchev–Trinajstić information content (AvgIpc) is 3.10. The Morgan fingerprint density at radius 3 is 2.52 bits per heavy atom. The van der Waals surface area contributed by atoms with Crippen molar-refractivity contribution in [3.05, 3.63) is 57.8 Å². The highest BCUT2D eigenvalue weighted by molar-refractivity contribution is 7.09. The van der Waals surface area contributed by atoms with Crippen molar-refractivity contribution in [2.24, 2.45) is 5.73 Å². The molecule has 1 aromatic heterocycles. The number of carbonyl (C=O) groups excluding carboxylic acids is 3. The first kappa shape index (κ1) is 18.5. The zero-order chi connectivity index (χ0) is 18.2. The molecule has 0 aliphatic rings. The molecule has 0 bridgehead atoms. The lowest BCUT2D eigenvalue weighted by atomic mass is 10.1. The number of rotatable bonds is 7. The maximum absolute atomic E-state index is 12.0. The van der Waals surface area contributed by atoms with Crippen LogP contribution in [0.1, 0.15) is 20.8 Å². The molecule has 132 valence electrons. The molecule has 0 aliphatic carbocycles. The van der Waals surface area contributed by atoms with E-state index in [0.717, 1.165) is 10.4 Å². The van der Waals surface area contributed by atoms with Gasteiger partial charge < -0.3 is 20.7 Å². The molecule has 3 amide bonds. The van der Waals surface area contributed by atoms with Crippen molar-refractivity contribution in [1.29, 1.82) is 0 Å². The number of esters is 1. The third kappa shape index (κ3) is 5.92. The molecule has 0 radical (unpaired) electrons. The molecule has 0 unspecified atom stereocenters. The fourth-order valence-electron chi connectivity index (χ4n) is 1.99. The van der Waals surface area contributed by atoms with E-state index in [1.165, 1.54) is 4.90 Å². The quantitative estimate of drug-likeness (QED) is 0.733. The molecular formula is C17H19N3O4S. The molecule has 0 aliphatic heterocycles. The van der Waals surface area contributed by atoms with Gasteiger partial charge in [-0.2, -0.15) is 0 Å². The summed E-state index contributed by atoms with van der Waals surface area (Å²) in [6.07, 6.45) is 0. The molecule has 7 nitrogen and oxygen atoms in total. The van der Waals surface area contributed by atoms with Crippen molar-refractivity contribution in [3.8, 4) is 0 Å². The number of carbonyl (C=O) groups is 3. The largest absolute Gasteiger partial charge is 0.452 e. The predicted molar refractivity (Wildman–Crippen MR) is 93.9 cm³/mol. The first-order chi connectivity index (χ1) is 12.0. The molecule has 8 heteroatoms. The molecule has 0 spiro atoms. The minimum absolute atomic E-state index is 0.274. The number of thiophene rings is 1. The lowest BCUT2D eigenvalue weighted by Crippen LogP contribution is -2.30. The SMILES string of the molecule is CN(Cc1cccs1)C(=O)COC(=O)c1ccc(CNC(N)=O)cc1. The van der Waals surface area contributed by atoms with Crippen LogP contribution in [0.15, 0.2) is 41.8 Å². The maximum atomic E-state index is 12.0. The van der Waals surface area contributed by atoms with Gasteiger partial charge in [0.25, 0.3) is 5.91 Å². The van der Waals surface area contributed by atoms with E-state index in [-0.39, 0.29) is 19.1 Å². The van der Waals surface area contributed by atoms with Gasteiger partial charge in [0.15, 0.2) is 6.61 Å². The number of hydrogen-bond donors (Lipinski definition) is 2. The van der Waals surface area contributed by atoms with Gasteiger partial charge in [0, 0.05) is 18.5 Å². The summed E-state index contributed by atoms with van der Waals surface area (Å²) < 4.78 is 5.05. The van der Waals surface area contributed by atoms with E-state index in [0.29, 0.717) is 12.1 Å². The summed E-state index contributed by atoms with van der Waals surface area (Å²) in [7, 11) is 1.66. The second kappa shape index (κ2) is 8.84. The van der Waals surface area contributed by atoms with Crippen LogP contribution in [0, 0.1) is 0 Å². The smallest absolute Gasteiger partial charge is 0.338 e. The van der Waals surface area contributed by atoms with E-state index in [1.54, 1.807) is 42.6 Å². The predicted octanol–water partition coefficient (Wildman–Crippen LogP) is 1.73. The Labute approximate surface area is 149 Å². The van der Waals surface area contributed by atoms with Gasteiger partial charge in [0.1, 0.15) is 0 Å². The van der Waals surface area contributed by atoms with Crippen molar-refractivity contribution in [3.63, 3.8) is 0 Å². The topological polar surface area (TPSA) is 102 Å². The molecule has 0 saturated heterocycles. The van der Waals surface area contributed by atoms with Crippen LogP contribution in [0.4, 0.5) is 4.79 Å². The first-order valence-electron chi connectivity index (χ1n) is 7.51. The summed E-state index contributed by atoms with van der Waals surface area (Å²) in [4.78, 5) is 37.2. The highest BCUT2D eigenvalue weighted by Gasteiger charge is 2.14. The third-order valence-corrected chi connectivity index (χ3v) is 4.24. The van der Waals surface area contributed by atoms with Gasteiger partial charge in [-0.15, -0.1) is 11.3 Å². The summed E-state index contributed by atoms with van der Waals surface area (Å²) in [5, 5.41) is 4.40. The maximum Gasteiger partial charge on any atom is 0.338 e. The van der Waals surface area contributed by atoms with Crippen molar-refractivity contribution in [2.75, 3.05) is 13.7 Å². The van der Waals surface area contributed by atoms with Crippen LogP contribution >= 0.6 is 11.3 Å². The van der Waals surface area contributed by atoms with Gasteiger partial charge in [-0.1, -0.05) is 18.2 Å². The summed E-state index contributed by atoms with van der Waals surface area (Å²) in [5.41, 5.74) is 6.12. The molecule has 0 fully saturated rings. The fourth-order valence-corrected chi connectivity index (χ4v) is 2.75. The second-order valence-electron chi connectivity index (χ2n) is 5.32. The molecular weight excluding hydrogens is 342 g/mol. The van der Waals surface area contributed by atoms with Crippen LogP contribution in [0.2, 0.25) is 0 Å². The summed E-state index contributed by atoms with van der Waals surface area (Å²) in [5.74, 6) is -0.851. The van der Waals surface area contributed by atoms with Crippen LogP contribution < -0.4 is 11.1 Å². The van der Waals surface area contributed by atoms with E-state index in [1.807, 2.05) is 17.5 Å². The fraction of sp³-hybridized carbons (Fsp3) is 0.235. The number of hydrogen-bond acceptors (Lipinski definition) is 5. The van der Waals surface area contributed by atoms with Gasteiger partial charge in [-0.05, 0) is 29.1 Å². The molecule has 2 aromatic rings. The molecule has 3 N–H and O–H groups in total. The van der Waals surface area contributed by atoms with Gasteiger partial charge in [0.05, 0.1) is 12.1 Å². The molecule has 0 atom stereocenters. The number of primary amides is 1. The standard InChI is InChI=1S/C17H19N3O4S/c1-20(10-14-3-2-8-25-14)15(21)11-24-16(22)13-6-4-12(5-7-13)9-19-17(18)23/h2-8H,9-11H2,1H3,(H3,18,19,23). The van der Waals surface area contributed by atoms with Gasteiger partial charge in [-0.25, -0.2) is 9.59 Å². The highest BCUT2D eigenvalue weighted by Crippen LogP contribution is 2.11. The zero-order valence-electron chi connectivity index (χ0n) is 13.7. The van der Waals surface area contributed by atoms with E-state index >= 15 is 0 Å².